The largest absolute Gasteiger partial charge is 0.462 e. The van der Waals surface area contributed by atoms with Crippen LogP contribution in [0.3, 0.4) is 0 Å². The van der Waals surface area contributed by atoms with Crippen molar-refractivity contribution in [2.45, 2.75) is 303 Å². The average Bonchev–Trinajstić information content (AvgIpc) is 3.44. The second kappa shape index (κ2) is 65.3. The van der Waals surface area contributed by atoms with Crippen LogP contribution in [0.15, 0.2) is 122 Å². The Hall–Kier alpha value is -4.19. The van der Waals surface area contributed by atoms with Crippen LogP contribution in [0, 0.1) is 0 Å². The third kappa shape index (κ3) is 62.7. The first-order valence-corrected chi connectivity index (χ1v) is 32.5. The van der Waals surface area contributed by atoms with Gasteiger partial charge in [0.15, 0.2) is 6.10 Å². The molecule has 444 valence electrons. The Kier molecular flexibility index (Phi) is 61.8. The predicted molar refractivity (Wildman–Crippen MR) is 339 cm³/mol. The van der Waals surface area contributed by atoms with E-state index in [4.69, 9.17) is 14.2 Å². The summed E-state index contributed by atoms with van der Waals surface area (Å²) in [5.41, 5.74) is 0. The third-order valence-corrected chi connectivity index (χ3v) is 13.7. The molecular formula is C72H120O6. The van der Waals surface area contributed by atoms with Crippen molar-refractivity contribution in [1.82, 2.24) is 0 Å². The van der Waals surface area contributed by atoms with Crippen molar-refractivity contribution >= 4 is 17.9 Å². The van der Waals surface area contributed by atoms with Crippen LogP contribution in [-0.2, 0) is 28.6 Å². The lowest BCUT2D eigenvalue weighted by Crippen LogP contribution is -2.30. The molecule has 0 saturated heterocycles. The molecule has 0 bridgehead atoms. The standard InChI is InChI=1S/C72H120O6/c1-4-7-10-13-16-19-21-23-25-27-29-31-32-33-34-35-36-37-38-39-40-42-43-45-47-49-51-53-56-59-62-65-71(74)77-68-69(67-76-70(73)64-61-58-55-18-15-12-9-6-3)78-72(75)66-63-60-57-54-52-50-48-46-44-41-30-28-26-24-22-20-17-14-11-8-5-2/h7,10,16,19,23,25,28-31,33-34,36-37,39-40,43,45,49,51,69H,4-6,8-9,11-15,17-18,20-22,24,26-27,32,35,38,41-42,44,46-48,50,52-68H2,1-3H3/b10-7-,19-16-,25-23-,30-28-,31-29-,34-33-,37-36-,40-39-,45-43-,51-49-. The first-order valence-electron chi connectivity index (χ1n) is 32.5. The fourth-order valence-corrected chi connectivity index (χ4v) is 8.84. The van der Waals surface area contributed by atoms with E-state index in [0.717, 1.165) is 122 Å². The lowest BCUT2D eigenvalue weighted by molar-refractivity contribution is -0.167. The number of carbonyl (C=O) groups excluding carboxylic acids is 3. The highest BCUT2D eigenvalue weighted by Gasteiger charge is 2.19. The number of esters is 3. The summed E-state index contributed by atoms with van der Waals surface area (Å²) < 4.78 is 16.8. The van der Waals surface area contributed by atoms with Gasteiger partial charge in [0.1, 0.15) is 13.2 Å². The van der Waals surface area contributed by atoms with Gasteiger partial charge >= 0.3 is 17.9 Å². The molecule has 6 heteroatoms. The van der Waals surface area contributed by atoms with Crippen LogP contribution < -0.4 is 0 Å². The van der Waals surface area contributed by atoms with Gasteiger partial charge in [0.25, 0.3) is 0 Å². The zero-order valence-corrected chi connectivity index (χ0v) is 50.9. The summed E-state index contributed by atoms with van der Waals surface area (Å²) in [7, 11) is 0. The van der Waals surface area contributed by atoms with E-state index in [9.17, 15) is 14.4 Å². The Morgan fingerprint density at radius 2 is 0.500 bits per heavy atom. The number of hydrogen-bond acceptors (Lipinski definition) is 6. The number of carbonyl (C=O) groups is 3. The molecule has 0 aromatic heterocycles. The van der Waals surface area contributed by atoms with Crippen LogP contribution in [0.1, 0.15) is 297 Å². The fraction of sp³-hybridized carbons (Fsp3) is 0.681. The third-order valence-electron chi connectivity index (χ3n) is 13.7. The van der Waals surface area contributed by atoms with Gasteiger partial charge in [0.2, 0.25) is 0 Å². The SMILES string of the molecule is CC/C=C\C/C=C\C/C=C\C/C=C\C/C=C\C/C=C\C/C=C\C/C=C\C/C=C\CCCCCC(=O)OCC(COC(=O)CCCCCCCCCC)OC(=O)CCCCCCCCCCC/C=C\CCCCCCCCCC. The molecule has 0 radical (unpaired) electrons. The molecule has 0 aromatic rings. The van der Waals surface area contributed by atoms with Crippen molar-refractivity contribution in [3.8, 4) is 0 Å². The zero-order valence-electron chi connectivity index (χ0n) is 50.9. The number of ether oxygens (including phenoxy) is 3. The minimum Gasteiger partial charge on any atom is -0.462 e. The number of rotatable bonds is 58. The smallest absolute Gasteiger partial charge is 0.306 e. The van der Waals surface area contributed by atoms with E-state index < -0.39 is 6.10 Å². The molecular weight excluding hydrogens is 961 g/mol. The second-order valence-corrected chi connectivity index (χ2v) is 21.3. The van der Waals surface area contributed by atoms with Crippen LogP contribution in [0.5, 0.6) is 0 Å². The summed E-state index contributed by atoms with van der Waals surface area (Å²) in [5, 5.41) is 0. The van der Waals surface area contributed by atoms with E-state index in [2.05, 4.69) is 142 Å². The molecule has 0 aliphatic carbocycles. The van der Waals surface area contributed by atoms with Gasteiger partial charge in [-0.15, -0.1) is 0 Å². The normalized spacial score (nSPS) is 12.9. The van der Waals surface area contributed by atoms with Crippen LogP contribution in [0.25, 0.3) is 0 Å². The maximum Gasteiger partial charge on any atom is 0.306 e. The summed E-state index contributed by atoms with van der Waals surface area (Å²) in [5.74, 6) is -0.926. The summed E-state index contributed by atoms with van der Waals surface area (Å²) in [6.07, 6.45) is 90.8. The van der Waals surface area contributed by atoms with Crippen molar-refractivity contribution in [2.24, 2.45) is 0 Å². The quantitative estimate of drug-likeness (QED) is 0.0261. The Morgan fingerprint density at radius 3 is 0.808 bits per heavy atom. The molecule has 0 heterocycles. The highest BCUT2D eigenvalue weighted by Crippen LogP contribution is 2.15. The molecule has 0 N–H and O–H groups in total. The zero-order chi connectivity index (χ0) is 56.4. The second-order valence-electron chi connectivity index (χ2n) is 21.3. The Morgan fingerprint density at radius 1 is 0.269 bits per heavy atom. The topological polar surface area (TPSA) is 78.9 Å². The molecule has 6 nitrogen and oxygen atoms in total. The molecule has 0 amide bonds. The number of unbranched alkanes of at least 4 members (excludes halogenated alkanes) is 27. The van der Waals surface area contributed by atoms with E-state index in [-0.39, 0.29) is 31.1 Å². The maximum absolute atomic E-state index is 12.9. The summed E-state index contributed by atoms with van der Waals surface area (Å²) in [6.45, 7) is 6.48. The lowest BCUT2D eigenvalue weighted by atomic mass is 10.1. The molecule has 0 spiro atoms. The van der Waals surface area contributed by atoms with E-state index >= 15 is 0 Å². The highest BCUT2D eigenvalue weighted by atomic mass is 16.6. The summed E-state index contributed by atoms with van der Waals surface area (Å²) >= 11 is 0. The Balaban J connectivity index is 4.27. The van der Waals surface area contributed by atoms with Gasteiger partial charge in [0.05, 0.1) is 0 Å². The van der Waals surface area contributed by atoms with Gasteiger partial charge in [0, 0.05) is 19.3 Å². The van der Waals surface area contributed by atoms with Gasteiger partial charge in [-0.05, 0) is 116 Å². The van der Waals surface area contributed by atoms with Crippen molar-refractivity contribution in [1.29, 1.82) is 0 Å². The Labute approximate surface area is 482 Å². The van der Waals surface area contributed by atoms with Crippen LogP contribution in [0.4, 0.5) is 0 Å². The molecule has 78 heavy (non-hydrogen) atoms. The Bertz CT molecular complexity index is 1620. The van der Waals surface area contributed by atoms with Gasteiger partial charge < -0.3 is 14.2 Å². The number of allylic oxidation sites excluding steroid dienone is 20. The van der Waals surface area contributed by atoms with Crippen molar-refractivity contribution in [3.05, 3.63) is 122 Å². The fourth-order valence-electron chi connectivity index (χ4n) is 8.84. The van der Waals surface area contributed by atoms with Crippen LogP contribution in [-0.4, -0.2) is 37.2 Å². The van der Waals surface area contributed by atoms with E-state index in [0.29, 0.717) is 19.3 Å². The molecule has 0 fully saturated rings. The highest BCUT2D eigenvalue weighted by molar-refractivity contribution is 5.71. The first kappa shape index (κ1) is 73.8. The van der Waals surface area contributed by atoms with Crippen molar-refractivity contribution < 1.29 is 28.6 Å². The molecule has 1 atom stereocenters. The van der Waals surface area contributed by atoms with Crippen LogP contribution in [0.2, 0.25) is 0 Å². The number of hydrogen-bond donors (Lipinski definition) is 0. The minimum atomic E-state index is -0.794. The molecule has 0 saturated carbocycles. The molecule has 0 aliphatic rings. The maximum atomic E-state index is 12.9. The minimum absolute atomic E-state index is 0.0895. The summed E-state index contributed by atoms with van der Waals surface area (Å²) in [6, 6.07) is 0. The van der Waals surface area contributed by atoms with Crippen molar-refractivity contribution in [2.75, 3.05) is 13.2 Å². The average molecular weight is 1080 g/mol. The molecule has 1 unspecified atom stereocenters. The van der Waals surface area contributed by atoms with E-state index in [1.54, 1.807) is 0 Å². The van der Waals surface area contributed by atoms with Crippen LogP contribution >= 0.6 is 0 Å². The monoisotopic (exact) mass is 1080 g/mol. The van der Waals surface area contributed by atoms with Crippen molar-refractivity contribution in [3.63, 3.8) is 0 Å². The summed E-state index contributed by atoms with van der Waals surface area (Å²) in [4.78, 5) is 38.1. The predicted octanol–water partition coefficient (Wildman–Crippen LogP) is 22.4. The lowest BCUT2D eigenvalue weighted by Gasteiger charge is -2.18. The van der Waals surface area contributed by atoms with E-state index in [1.165, 1.54) is 135 Å². The van der Waals surface area contributed by atoms with Gasteiger partial charge in [-0.3, -0.25) is 14.4 Å². The van der Waals surface area contributed by atoms with Gasteiger partial charge in [-0.2, -0.15) is 0 Å². The molecule has 0 aromatic carbocycles. The first-order chi connectivity index (χ1) is 38.5. The molecule has 0 aliphatic heterocycles. The van der Waals surface area contributed by atoms with Gasteiger partial charge in [-0.1, -0.05) is 284 Å². The molecule has 0 rings (SSSR count). The van der Waals surface area contributed by atoms with E-state index in [1.807, 2.05) is 0 Å². The van der Waals surface area contributed by atoms with Gasteiger partial charge in [-0.25, -0.2) is 0 Å².